The maximum atomic E-state index is 12.3. The lowest BCUT2D eigenvalue weighted by molar-refractivity contribution is -0.121. The van der Waals surface area contributed by atoms with Gasteiger partial charge >= 0.3 is 5.63 Å². The number of carbonyl (C=O) groups excluding carboxylic acids is 1. The van der Waals surface area contributed by atoms with E-state index in [9.17, 15) is 9.59 Å². The highest BCUT2D eigenvalue weighted by Gasteiger charge is 2.15. The van der Waals surface area contributed by atoms with Crippen molar-refractivity contribution in [2.45, 2.75) is 32.7 Å². The molecule has 1 N–H and O–H groups in total. The van der Waals surface area contributed by atoms with E-state index < -0.39 is 5.63 Å². The van der Waals surface area contributed by atoms with Gasteiger partial charge in [0, 0.05) is 28.3 Å². The van der Waals surface area contributed by atoms with Gasteiger partial charge in [0.25, 0.3) is 0 Å². The van der Waals surface area contributed by atoms with Crippen molar-refractivity contribution in [3.05, 3.63) is 62.1 Å². The van der Waals surface area contributed by atoms with E-state index in [-0.39, 0.29) is 18.4 Å². The second-order valence-corrected chi connectivity index (χ2v) is 7.14. The predicted octanol–water partition coefficient (Wildman–Crippen LogP) is 3.98. The first kappa shape index (κ1) is 18.2. The number of aryl methyl sites for hydroxylation is 1. The zero-order chi connectivity index (χ0) is 18.7. The van der Waals surface area contributed by atoms with Gasteiger partial charge < -0.3 is 14.5 Å². The Morgan fingerprint density at radius 2 is 2.15 bits per heavy atom. The van der Waals surface area contributed by atoms with Crippen molar-refractivity contribution in [3.63, 3.8) is 0 Å². The molecule has 5 nitrogen and oxygen atoms in total. The summed E-state index contributed by atoms with van der Waals surface area (Å²) in [6.45, 7) is 3.83. The van der Waals surface area contributed by atoms with Gasteiger partial charge in [-0.1, -0.05) is 6.07 Å². The fraction of sp³-hybridized carbons (Fsp3) is 0.300. The van der Waals surface area contributed by atoms with Gasteiger partial charge in [0.2, 0.25) is 5.91 Å². The number of carbonyl (C=O) groups is 1. The third kappa shape index (κ3) is 3.80. The minimum atomic E-state index is -0.401. The maximum Gasteiger partial charge on any atom is 0.339 e. The molecule has 0 spiro atoms. The third-order valence-electron chi connectivity index (χ3n) is 4.44. The van der Waals surface area contributed by atoms with Gasteiger partial charge in [-0.2, -0.15) is 0 Å². The molecular weight excluding hydrogens is 350 g/mol. The van der Waals surface area contributed by atoms with Crippen molar-refractivity contribution in [2.75, 3.05) is 7.11 Å². The molecule has 0 aliphatic heterocycles. The molecule has 0 radical (unpaired) electrons. The summed E-state index contributed by atoms with van der Waals surface area (Å²) in [5.74, 6) is 0.550. The summed E-state index contributed by atoms with van der Waals surface area (Å²) in [6, 6.07) is 9.31. The molecule has 2 aromatic heterocycles. The number of benzene rings is 1. The molecule has 0 saturated carbocycles. The van der Waals surface area contributed by atoms with Gasteiger partial charge in [0.1, 0.15) is 11.3 Å². The zero-order valence-corrected chi connectivity index (χ0v) is 15.8. The van der Waals surface area contributed by atoms with Gasteiger partial charge in [-0.15, -0.1) is 11.3 Å². The second-order valence-electron chi connectivity index (χ2n) is 6.16. The second kappa shape index (κ2) is 7.74. The van der Waals surface area contributed by atoms with E-state index in [1.54, 1.807) is 24.5 Å². The summed E-state index contributed by atoms with van der Waals surface area (Å²) < 4.78 is 10.6. The summed E-state index contributed by atoms with van der Waals surface area (Å²) in [5.41, 5.74) is 1.48. The van der Waals surface area contributed by atoms with Crippen LogP contribution < -0.4 is 15.7 Å². The number of amides is 1. The molecule has 3 rings (SSSR count). The SMILES string of the molecule is COc1ccc2c(C)c(CCC(=O)NC(C)c3cccs3)c(=O)oc2c1. The van der Waals surface area contributed by atoms with E-state index >= 15 is 0 Å². The minimum Gasteiger partial charge on any atom is -0.497 e. The molecule has 0 bridgehead atoms. The fourth-order valence-electron chi connectivity index (χ4n) is 2.95. The van der Waals surface area contributed by atoms with Crippen LogP contribution in [0.2, 0.25) is 0 Å². The number of ether oxygens (including phenoxy) is 1. The predicted molar refractivity (Wildman–Crippen MR) is 103 cm³/mol. The lowest BCUT2D eigenvalue weighted by atomic mass is 10.0. The standard InChI is InChI=1S/C20H21NO4S/c1-12-15-7-6-14(24-3)11-17(15)25-20(23)16(12)8-9-19(22)21-13(2)18-5-4-10-26-18/h4-7,10-11,13H,8-9H2,1-3H3,(H,21,22). The van der Waals surface area contributed by atoms with Crippen LogP contribution in [0.4, 0.5) is 0 Å². The van der Waals surface area contributed by atoms with Crippen molar-refractivity contribution in [3.8, 4) is 5.75 Å². The number of rotatable bonds is 6. The van der Waals surface area contributed by atoms with E-state index in [1.807, 2.05) is 43.5 Å². The molecule has 6 heteroatoms. The zero-order valence-electron chi connectivity index (χ0n) is 15.0. The van der Waals surface area contributed by atoms with Crippen molar-refractivity contribution in [1.29, 1.82) is 0 Å². The molecule has 1 unspecified atom stereocenters. The Morgan fingerprint density at radius 1 is 1.35 bits per heavy atom. The van der Waals surface area contributed by atoms with Crippen LogP contribution in [-0.4, -0.2) is 13.0 Å². The molecule has 1 aromatic carbocycles. The van der Waals surface area contributed by atoms with E-state index in [0.29, 0.717) is 23.3 Å². The molecule has 0 aliphatic rings. The van der Waals surface area contributed by atoms with E-state index in [1.165, 1.54) is 0 Å². The summed E-state index contributed by atoms with van der Waals surface area (Å²) in [5, 5.41) is 5.80. The average molecular weight is 371 g/mol. The van der Waals surface area contributed by atoms with Crippen LogP contribution in [0, 0.1) is 6.92 Å². The van der Waals surface area contributed by atoms with Gasteiger partial charge in [0.15, 0.2) is 0 Å². The number of thiophene rings is 1. The Hall–Kier alpha value is -2.60. The molecule has 26 heavy (non-hydrogen) atoms. The molecule has 1 amide bonds. The Balaban J connectivity index is 1.74. The lowest BCUT2D eigenvalue weighted by Gasteiger charge is -2.13. The Labute approximate surface area is 155 Å². The van der Waals surface area contributed by atoms with Crippen LogP contribution in [0.5, 0.6) is 5.75 Å². The molecular formula is C20H21NO4S. The van der Waals surface area contributed by atoms with Crippen LogP contribution in [0.3, 0.4) is 0 Å². The maximum absolute atomic E-state index is 12.3. The molecule has 0 fully saturated rings. The molecule has 0 aliphatic carbocycles. The summed E-state index contributed by atoms with van der Waals surface area (Å²) in [7, 11) is 1.57. The third-order valence-corrected chi connectivity index (χ3v) is 5.50. The number of fused-ring (bicyclic) bond motifs is 1. The van der Waals surface area contributed by atoms with Gasteiger partial charge in [-0.3, -0.25) is 4.79 Å². The first-order valence-corrected chi connectivity index (χ1v) is 9.30. The van der Waals surface area contributed by atoms with Crippen molar-refractivity contribution in [1.82, 2.24) is 5.32 Å². The van der Waals surface area contributed by atoms with Crippen molar-refractivity contribution >= 4 is 28.2 Å². The molecule has 0 saturated heterocycles. The monoisotopic (exact) mass is 371 g/mol. The van der Waals surface area contributed by atoms with E-state index in [0.717, 1.165) is 15.8 Å². The highest BCUT2D eigenvalue weighted by Crippen LogP contribution is 2.24. The van der Waals surface area contributed by atoms with Crippen LogP contribution in [0.15, 0.2) is 44.9 Å². The van der Waals surface area contributed by atoms with Crippen LogP contribution >= 0.6 is 11.3 Å². The topological polar surface area (TPSA) is 68.5 Å². The first-order chi connectivity index (χ1) is 12.5. The number of methoxy groups -OCH3 is 1. The number of hydrogen-bond acceptors (Lipinski definition) is 5. The Kier molecular flexibility index (Phi) is 5.42. The minimum absolute atomic E-state index is 0.0379. The molecule has 3 aromatic rings. The number of hydrogen-bond donors (Lipinski definition) is 1. The van der Waals surface area contributed by atoms with E-state index in [4.69, 9.17) is 9.15 Å². The van der Waals surface area contributed by atoms with E-state index in [2.05, 4.69) is 5.32 Å². The smallest absolute Gasteiger partial charge is 0.339 e. The highest BCUT2D eigenvalue weighted by molar-refractivity contribution is 7.10. The van der Waals surface area contributed by atoms with Gasteiger partial charge in [0.05, 0.1) is 13.2 Å². The quantitative estimate of drug-likeness (QED) is 0.666. The average Bonchev–Trinajstić information content (AvgIpc) is 3.15. The molecule has 2 heterocycles. The largest absolute Gasteiger partial charge is 0.497 e. The normalized spacial score (nSPS) is 12.1. The lowest BCUT2D eigenvalue weighted by Crippen LogP contribution is -2.27. The Morgan fingerprint density at radius 3 is 2.85 bits per heavy atom. The van der Waals surface area contributed by atoms with Crippen LogP contribution in [0.25, 0.3) is 11.0 Å². The fourth-order valence-corrected chi connectivity index (χ4v) is 3.69. The summed E-state index contributed by atoms with van der Waals surface area (Å²) in [6.07, 6.45) is 0.585. The van der Waals surface area contributed by atoms with Crippen LogP contribution in [-0.2, 0) is 11.2 Å². The van der Waals surface area contributed by atoms with Crippen LogP contribution in [0.1, 0.15) is 35.4 Å². The van der Waals surface area contributed by atoms with Gasteiger partial charge in [-0.05, 0) is 49.4 Å². The summed E-state index contributed by atoms with van der Waals surface area (Å²) in [4.78, 5) is 25.7. The number of nitrogens with one attached hydrogen (secondary N) is 1. The van der Waals surface area contributed by atoms with Gasteiger partial charge in [-0.25, -0.2) is 4.79 Å². The highest BCUT2D eigenvalue weighted by atomic mass is 32.1. The first-order valence-electron chi connectivity index (χ1n) is 8.42. The molecule has 136 valence electrons. The summed E-state index contributed by atoms with van der Waals surface area (Å²) >= 11 is 1.61. The Bertz CT molecular complexity index is 975. The molecule has 1 atom stereocenters. The van der Waals surface area contributed by atoms with Crippen molar-refractivity contribution < 1.29 is 13.9 Å². The van der Waals surface area contributed by atoms with Crippen molar-refractivity contribution in [2.24, 2.45) is 0 Å².